The Balaban J connectivity index is 1.85. The number of nitrogens with zero attached hydrogens (tertiary/aromatic N) is 3. The normalized spacial score (nSPS) is 15.8. The van der Waals surface area contributed by atoms with Crippen molar-refractivity contribution in [3.63, 3.8) is 0 Å². The molecule has 0 aromatic carbocycles. The van der Waals surface area contributed by atoms with Crippen molar-refractivity contribution < 1.29 is 4.79 Å². The van der Waals surface area contributed by atoms with Crippen LogP contribution in [-0.4, -0.2) is 33.9 Å². The maximum atomic E-state index is 12.6. The van der Waals surface area contributed by atoms with Gasteiger partial charge in [0.25, 0.3) is 5.91 Å². The Hall–Kier alpha value is -1.75. The Kier molecular flexibility index (Phi) is 4.29. The van der Waals surface area contributed by atoms with Crippen LogP contribution in [0.1, 0.15) is 41.7 Å². The lowest BCUT2D eigenvalue weighted by molar-refractivity contribution is 0.0761. The van der Waals surface area contributed by atoms with Crippen LogP contribution < -0.4 is 0 Å². The van der Waals surface area contributed by atoms with Gasteiger partial charge in [0.05, 0.1) is 21.8 Å². The molecule has 0 bridgehead atoms. The van der Waals surface area contributed by atoms with Gasteiger partial charge in [0.15, 0.2) is 0 Å². The molecule has 0 saturated carbocycles. The summed E-state index contributed by atoms with van der Waals surface area (Å²) in [6.45, 7) is 3.71. The van der Waals surface area contributed by atoms with Crippen molar-refractivity contribution in [2.45, 2.75) is 32.6 Å². The van der Waals surface area contributed by atoms with Gasteiger partial charge in [-0.25, -0.2) is 4.98 Å². The number of carbonyl (C=O) groups excluding carboxylic acids is 1. The van der Waals surface area contributed by atoms with Gasteiger partial charge >= 0.3 is 0 Å². The quantitative estimate of drug-likeness (QED) is 0.852. The second-order valence-electron chi connectivity index (χ2n) is 5.40. The number of rotatable bonds is 2. The zero-order valence-corrected chi connectivity index (χ0v) is 13.0. The number of aromatic nitrogens is 2. The average Bonchev–Trinajstić information content (AvgIpc) is 2.77. The highest BCUT2D eigenvalue weighted by atomic mass is 32.1. The van der Waals surface area contributed by atoms with E-state index in [-0.39, 0.29) is 5.91 Å². The summed E-state index contributed by atoms with van der Waals surface area (Å²) in [5, 5.41) is 0. The molecule has 0 radical (unpaired) electrons. The van der Waals surface area contributed by atoms with Crippen molar-refractivity contribution in [2.24, 2.45) is 0 Å². The molecule has 0 spiro atoms. The molecule has 3 rings (SSSR count). The maximum Gasteiger partial charge on any atom is 0.253 e. The predicted molar refractivity (Wildman–Crippen MR) is 84.5 cm³/mol. The molecule has 2 aromatic rings. The zero-order chi connectivity index (χ0) is 14.7. The Morgan fingerprint density at radius 1 is 1.19 bits per heavy atom. The second kappa shape index (κ2) is 6.35. The molecule has 1 saturated heterocycles. The van der Waals surface area contributed by atoms with Crippen molar-refractivity contribution in [2.75, 3.05) is 13.1 Å². The third-order valence-corrected chi connectivity index (χ3v) is 4.83. The van der Waals surface area contributed by atoms with Gasteiger partial charge in [-0.1, -0.05) is 12.8 Å². The van der Waals surface area contributed by atoms with Gasteiger partial charge in [0, 0.05) is 24.8 Å². The van der Waals surface area contributed by atoms with Crippen LogP contribution in [0.25, 0.3) is 10.6 Å². The summed E-state index contributed by atoms with van der Waals surface area (Å²) >= 11 is 1.56. The maximum absolute atomic E-state index is 12.6. The number of pyridine rings is 1. The van der Waals surface area contributed by atoms with Gasteiger partial charge < -0.3 is 4.90 Å². The summed E-state index contributed by atoms with van der Waals surface area (Å²) in [4.78, 5) is 24.3. The number of carbonyl (C=O) groups is 1. The zero-order valence-electron chi connectivity index (χ0n) is 12.2. The van der Waals surface area contributed by atoms with Crippen LogP contribution in [0, 0.1) is 6.92 Å². The van der Waals surface area contributed by atoms with E-state index in [1.807, 2.05) is 29.5 Å². The van der Waals surface area contributed by atoms with Gasteiger partial charge in [0.1, 0.15) is 0 Å². The average molecular weight is 301 g/mol. The first kappa shape index (κ1) is 14.2. The smallest absolute Gasteiger partial charge is 0.253 e. The van der Waals surface area contributed by atoms with Crippen molar-refractivity contribution >= 4 is 17.2 Å². The van der Waals surface area contributed by atoms with Crippen LogP contribution in [0.15, 0.2) is 23.8 Å². The molecule has 110 valence electrons. The number of hydrogen-bond acceptors (Lipinski definition) is 4. The molecule has 1 amide bonds. The number of thiazole rings is 1. The Bertz CT molecular complexity index is 630. The van der Waals surface area contributed by atoms with Crippen LogP contribution in [0.2, 0.25) is 0 Å². The van der Waals surface area contributed by atoms with E-state index in [4.69, 9.17) is 0 Å². The first-order valence-electron chi connectivity index (χ1n) is 7.41. The molecule has 1 aliphatic rings. The van der Waals surface area contributed by atoms with Gasteiger partial charge in [-0.05, 0) is 31.9 Å². The first-order valence-corrected chi connectivity index (χ1v) is 8.29. The summed E-state index contributed by atoms with van der Waals surface area (Å²) in [6.07, 6.45) is 6.39. The molecule has 0 N–H and O–H groups in total. The molecular formula is C16H19N3OS. The Morgan fingerprint density at radius 2 is 1.95 bits per heavy atom. The molecule has 21 heavy (non-hydrogen) atoms. The third kappa shape index (κ3) is 3.13. The second-order valence-corrected chi connectivity index (χ2v) is 6.26. The van der Waals surface area contributed by atoms with E-state index in [1.54, 1.807) is 17.5 Å². The van der Waals surface area contributed by atoms with Crippen LogP contribution in [0.5, 0.6) is 0 Å². The fraction of sp³-hybridized carbons (Fsp3) is 0.438. The SMILES string of the molecule is Cc1ncsc1-c1cc(C(=O)N2CCCCCC2)ccn1. The van der Waals surface area contributed by atoms with E-state index in [9.17, 15) is 4.79 Å². The lowest BCUT2D eigenvalue weighted by Gasteiger charge is -2.20. The monoisotopic (exact) mass is 301 g/mol. The fourth-order valence-electron chi connectivity index (χ4n) is 2.69. The largest absolute Gasteiger partial charge is 0.339 e. The highest BCUT2D eigenvalue weighted by Gasteiger charge is 2.18. The molecular weight excluding hydrogens is 282 g/mol. The minimum atomic E-state index is 0.128. The predicted octanol–water partition coefficient (Wildman–Crippen LogP) is 3.53. The molecule has 0 atom stereocenters. The first-order chi connectivity index (χ1) is 10.3. The molecule has 1 aliphatic heterocycles. The molecule has 5 heteroatoms. The van der Waals surface area contributed by atoms with Crippen molar-refractivity contribution in [3.05, 3.63) is 35.1 Å². The van der Waals surface area contributed by atoms with E-state index in [0.717, 1.165) is 47.8 Å². The molecule has 0 aliphatic carbocycles. The number of aryl methyl sites for hydroxylation is 1. The van der Waals surface area contributed by atoms with Crippen LogP contribution >= 0.6 is 11.3 Å². The lowest BCUT2D eigenvalue weighted by atomic mass is 10.1. The molecule has 3 heterocycles. The molecule has 0 unspecified atom stereocenters. The fourth-order valence-corrected chi connectivity index (χ4v) is 3.46. The van der Waals surface area contributed by atoms with Gasteiger partial charge in [-0.3, -0.25) is 9.78 Å². The highest BCUT2D eigenvalue weighted by Crippen LogP contribution is 2.26. The Morgan fingerprint density at radius 3 is 2.62 bits per heavy atom. The summed E-state index contributed by atoms with van der Waals surface area (Å²) in [5.41, 5.74) is 4.35. The number of hydrogen-bond donors (Lipinski definition) is 0. The van der Waals surface area contributed by atoms with Crippen molar-refractivity contribution in [1.82, 2.24) is 14.9 Å². The van der Waals surface area contributed by atoms with E-state index in [0.29, 0.717) is 0 Å². The summed E-state index contributed by atoms with van der Waals surface area (Å²) in [7, 11) is 0. The van der Waals surface area contributed by atoms with Gasteiger partial charge in [0.2, 0.25) is 0 Å². The van der Waals surface area contributed by atoms with Crippen LogP contribution in [0.3, 0.4) is 0 Å². The van der Waals surface area contributed by atoms with Crippen molar-refractivity contribution in [3.8, 4) is 10.6 Å². The van der Waals surface area contributed by atoms with Crippen LogP contribution in [-0.2, 0) is 0 Å². The minimum Gasteiger partial charge on any atom is -0.339 e. The number of amides is 1. The minimum absolute atomic E-state index is 0.128. The summed E-state index contributed by atoms with van der Waals surface area (Å²) in [6, 6.07) is 3.71. The topological polar surface area (TPSA) is 46.1 Å². The highest BCUT2D eigenvalue weighted by molar-refractivity contribution is 7.13. The molecule has 4 nitrogen and oxygen atoms in total. The summed E-state index contributed by atoms with van der Waals surface area (Å²) < 4.78 is 0. The standard InChI is InChI=1S/C16H19N3OS/c1-12-15(21-11-18-12)14-10-13(6-7-17-14)16(20)19-8-4-2-3-5-9-19/h6-7,10-11H,2-5,8-9H2,1H3. The number of likely N-dealkylation sites (tertiary alicyclic amines) is 1. The van der Waals surface area contributed by atoms with Gasteiger partial charge in [-0.2, -0.15) is 0 Å². The lowest BCUT2D eigenvalue weighted by Crippen LogP contribution is -2.31. The molecule has 1 fully saturated rings. The molecule has 2 aromatic heterocycles. The van der Waals surface area contributed by atoms with E-state index in [2.05, 4.69) is 9.97 Å². The van der Waals surface area contributed by atoms with E-state index >= 15 is 0 Å². The van der Waals surface area contributed by atoms with Crippen LogP contribution in [0.4, 0.5) is 0 Å². The van der Waals surface area contributed by atoms with Crippen molar-refractivity contribution in [1.29, 1.82) is 0 Å². The summed E-state index contributed by atoms with van der Waals surface area (Å²) in [5.74, 6) is 0.128. The van der Waals surface area contributed by atoms with E-state index in [1.165, 1.54) is 12.8 Å². The third-order valence-electron chi connectivity index (χ3n) is 3.88. The van der Waals surface area contributed by atoms with E-state index < -0.39 is 0 Å². The van der Waals surface area contributed by atoms with Gasteiger partial charge in [-0.15, -0.1) is 11.3 Å². The Labute approximate surface area is 128 Å².